The molecule has 0 fully saturated rings. The van der Waals surface area contributed by atoms with Gasteiger partial charge in [-0.25, -0.2) is 23.5 Å². The Morgan fingerprint density at radius 2 is 2.00 bits per heavy atom. The maximum atomic E-state index is 11.3. The summed E-state index contributed by atoms with van der Waals surface area (Å²) in [5.74, 6) is 0. The standard InChI is InChI=1S/C11H12N4O2S2/c1-7-4-5-14-11(15-7)18-10-6-8(19(13,16)17)2-3-9(10)12/h2-6H,12H2,1H3,(H2,13,16,17). The number of aryl methyl sites for hydroxylation is 1. The summed E-state index contributed by atoms with van der Waals surface area (Å²) in [4.78, 5) is 8.86. The zero-order valence-corrected chi connectivity index (χ0v) is 11.7. The average molecular weight is 296 g/mol. The minimum Gasteiger partial charge on any atom is -0.398 e. The van der Waals surface area contributed by atoms with E-state index in [0.717, 1.165) is 5.69 Å². The summed E-state index contributed by atoms with van der Waals surface area (Å²) in [5.41, 5.74) is 7.07. The van der Waals surface area contributed by atoms with E-state index in [2.05, 4.69) is 9.97 Å². The molecule has 2 aromatic rings. The van der Waals surface area contributed by atoms with Gasteiger partial charge in [-0.05, 0) is 43.0 Å². The highest BCUT2D eigenvalue weighted by Crippen LogP contribution is 2.31. The third kappa shape index (κ3) is 3.43. The molecule has 1 heterocycles. The van der Waals surface area contributed by atoms with Crippen LogP contribution in [0.2, 0.25) is 0 Å². The van der Waals surface area contributed by atoms with Crippen LogP contribution in [-0.4, -0.2) is 18.4 Å². The van der Waals surface area contributed by atoms with Crippen LogP contribution < -0.4 is 10.9 Å². The molecule has 1 aromatic carbocycles. The van der Waals surface area contributed by atoms with E-state index >= 15 is 0 Å². The highest BCUT2D eigenvalue weighted by Gasteiger charge is 2.12. The van der Waals surface area contributed by atoms with Crippen LogP contribution in [-0.2, 0) is 10.0 Å². The highest BCUT2D eigenvalue weighted by atomic mass is 32.2. The molecule has 0 saturated heterocycles. The maximum Gasteiger partial charge on any atom is 0.238 e. The van der Waals surface area contributed by atoms with E-state index < -0.39 is 10.0 Å². The smallest absolute Gasteiger partial charge is 0.238 e. The van der Waals surface area contributed by atoms with Crippen molar-refractivity contribution in [2.75, 3.05) is 5.73 Å². The number of sulfonamides is 1. The Hall–Kier alpha value is -1.64. The average Bonchev–Trinajstić information content (AvgIpc) is 2.30. The predicted molar refractivity (Wildman–Crippen MR) is 73.1 cm³/mol. The lowest BCUT2D eigenvalue weighted by molar-refractivity contribution is 0.597. The van der Waals surface area contributed by atoms with E-state index in [9.17, 15) is 8.42 Å². The van der Waals surface area contributed by atoms with Crippen molar-refractivity contribution in [1.29, 1.82) is 0 Å². The van der Waals surface area contributed by atoms with Gasteiger partial charge in [0.05, 0.1) is 4.90 Å². The molecule has 6 nitrogen and oxygen atoms in total. The van der Waals surface area contributed by atoms with Crippen molar-refractivity contribution in [2.24, 2.45) is 5.14 Å². The summed E-state index contributed by atoms with van der Waals surface area (Å²) in [7, 11) is -3.75. The van der Waals surface area contributed by atoms with Crippen molar-refractivity contribution in [2.45, 2.75) is 21.9 Å². The van der Waals surface area contributed by atoms with Crippen LogP contribution in [0.1, 0.15) is 5.69 Å². The zero-order chi connectivity index (χ0) is 14.0. The third-order valence-corrected chi connectivity index (χ3v) is 4.15. The minimum absolute atomic E-state index is 0.0110. The van der Waals surface area contributed by atoms with Crippen LogP contribution in [0.5, 0.6) is 0 Å². The Bertz CT molecular complexity index is 716. The molecule has 0 amide bonds. The lowest BCUT2D eigenvalue weighted by atomic mass is 10.3. The van der Waals surface area contributed by atoms with Crippen molar-refractivity contribution >= 4 is 27.5 Å². The van der Waals surface area contributed by atoms with Gasteiger partial charge in [0.25, 0.3) is 0 Å². The number of hydrogen-bond donors (Lipinski definition) is 2. The van der Waals surface area contributed by atoms with Gasteiger partial charge in [0.2, 0.25) is 10.0 Å². The topological polar surface area (TPSA) is 112 Å². The number of nitrogens with two attached hydrogens (primary N) is 2. The molecule has 0 unspecified atom stereocenters. The molecule has 0 aliphatic carbocycles. The molecule has 1 aromatic heterocycles. The Morgan fingerprint density at radius 3 is 2.63 bits per heavy atom. The van der Waals surface area contributed by atoms with Crippen molar-refractivity contribution in [3.63, 3.8) is 0 Å². The van der Waals surface area contributed by atoms with E-state index in [1.54, 1.807) is 12.3 Å². The Morgan fingerprint density at radius 1 is 1.26 bits per heavy atom. The Kier molecular flexibility index (Phi) is 3.74. The van der Waals surface area contributed by atoms with Crippen LogP contribution in [0.4, 0.5) is 5.69 Å². The second-order valence-electron chi connectivity index (χ2n) is 3.83. The molecule has 0 aliphatic heterocycles. The van der Waals surface area contributed by atoms with Gasteiger partial charge in [-0.1, -0.05) is 0 Å². The van der Waals surface area contributed by atoms with Crippen molar-refractivity contribution in [3.05, 3.63) is 36.2 Å². The first-order chi connectivity index (χ1) is 8.86. The van der Waals surface area contributed by atoms with Gasteiger partial charge >= 0.3 is 0 Å². The van der Waals surface area contributed by atoms with Crippen LogP contribution in [0, 0.1) is 6.92 Å². The summed E-state index contributed by atoms with van der Waals surface area (Å²) in [6.45, 7) is 1.84. The summed E-state index contributed by atoms with van der Waals surface area (Å²) in [6, 6.07) is 6.05. The summed E-state index contributed by atoms with van der Waals surface area (Å²) in [6.07, 6.45) is 1.63. The monoisotopic (exact) mass is 296 g/mol. The lowest BCUT2D eigenvalue weighted by Crippen LogP contribution is -2.12. The largest absolute Gasteiger partial charge is 0.398 e. The van der Waals surface area contributed by atoms with Crippen LogP contribution in [0.15, 0.2) is 45.4 Å². The maximum absolute atomic E-state index is 11.3. The molecule has 4 N–H and O–H groups in total. The predicted octanol–water partition coefficient (Wildman–Crippen LogP) is 1.17. The van der Waals surface area contributed by atoms with E-state index in [-0.39, 0.29) is 4.90 Å². The molecule has 19 heavy (non-hydrogen) atoms. The molecule has 0 aliphatic rings. The zero-order valence-electron chi connectivity index (χ0n) is 10.1. The summed E-state index contributed by atoms with van der Waals surface area (Å²) >= 11 is 1.19. The number of hydrogen-bond acceptors (Lipinski definition) is 6. The molecule has 0 radical (unpaired) electrons. The fraction of sp³-hybridized carbons (Fsp3) is 0.0909. The number of aromatic nitrogens is 2. The van der Waals surface area contributed by atoms with Gasteiger partial charge in [-0.3, -0.25) is 0 Å². The van der Waals surface area contributed by atoms with E-state index in [1.807, 2.05) is 6.92 Å². The lowest BCUT2D eigenvalue weighted by Gasteiger charge is -2.06. The molecule has 0 spiro atoms. The van der Waals surface area contributed by atoms with Gasteiger partial charge in [0.15, 0.2) is 5.16 Å². The van der Waals surface area contributed by atoms with Crippen molar-refractivity contribution < 1.29 is 8.42 Å². The van der Waals surface area contributed by atoms with Gasteiger partial charge in [0.1, 0.15) is 0 Å². The quantitative estimate of drug-likeness (QED) is 0.649. The molecule has 0 saturated carbocycles. The fourth-order valence-corrected chi connectivity index (χ4v) is 2.84. The van der Waals surface area contributed by atoms with Crippen LogP contribution in [0.3, 0.4) is 0 Å². The van der Waals surface area contributed by atoms with Gasteiger partial charge < -0.3 is 5.73 Å². The van der Waals surface area contributed by atoms with E-state index in [1.165, 1.54) is 30.0 Å². The van der Waals surface area contributed by atoms with Crippen LogP contribution >= 0.6 is 11.8 Å². The molecule has 0 bridgehead atoms. The number of anilines is 1. The first kappa shape index (κ1) is 13.8. The number of nitrogen functional groups attached to an aromatic ring is 1. The molecular weight excluding hydrogens is 284 g/mol. The SMILES string of the molecule is Cc1ccnc(Sc2cc(S(N)(=O)=O)ccc2N)n1. The van der Waals surface area contributed by atoms with Crippen LogP contribution in [0.25, 0.3) is 0 Å². The second-order valence-corrected chi connectivity index (χ2v) is 6.40. The highest BCUT2D eigenvalue weighted by molar-refractivity contribution is 7.99. The Labute approximate surface area is 115 Å². The number of nitrogens with zero attached hydrogens (tertiary/aromatic N) is 2. The summed E-state index contributed by atoms with van der Waals surface area (Å²) in [5, 5.41) is 5.58. The molecule has 0 atom stereocenters. The Balaban J connectivity index is 2.40. The first-order valence-corrected chi connectivity index (χ1v) is 7.62. The van der Waals surface area contributed by atoms with Crippen molar-refractivity contribution in [3.8, 4) is 0 Å². The number of benzene rings is 1. The minimum atomic E-state index is -3.75. The molecule has 8 heteroatoms. The molecular formula is C11H12N4O2S2. The van der Waals surface area contributed by atoms with E-state index in [4.69, 9.17) is 10.9 Å². The third-order valence-electron chi connectivity index (χ3n) is 2.29. The van der Waals surface area contributed by atoms with Gasteiger partial charge in [-0.15, -0.1) is 0 Å². The normalized spacial score (nSPS) is 11.5. The first-order valence-electron chi connectivity index (χ1n) is 5.26. The molecule has 100 valence electrons. The fourth-order valence-electron chi connectivity index (χ4n) is 1.35. The van der Waals surface area contributed by atoms with Crippen molar-refractivity contribution in [1.82, 2.24) is 9.97 Å². The number of rotatable bonds is 3. The summed E-state index contributed by atoms with van der Waals surface area (Å²) < 4.78 is 22.6. The van der Waals surface area contributed by atoms with Gasteiger partial charge in [-0.2, -0.15) is 0 Å². The van der Waals surface area contributed by atoms with E-state index in [0.29, 0.717) is 15.7 Å². The van der Waals surface area contributed by atoms with Gasteiger partial charge in [0, 0.05) is 22.5 Å². The second kappa shape index (κ2) is 5.16. The molecule has 2 rings (SSSR count). The number of primary sulfonamides is 1.